The van der Waals surface area contributed by atoms with Crippen molar-refractivity contribution in [2.45, 2.75) is 0 Å². The first kappa shape index (κ1) is 24.0. The van der Waals surface area contributed by atoms with Crippen molar-refractivity contribution in [3.8, 4) is 22.6 Å². The van der Waals surface area contributed by atoms with E-state index in [2.05, 4.69) is 0 Å². The first-order valence-corrected chi connectivity index (χ1v) is 11.0. The molecule has 36 heavy (non-hydrogen) atoms. The maximum Gasteiger partial charge on any atom is 0.339 e. The molecule has 0 heterocycles. The predicted octanol–water partition coefficient (Wildman–Crippen LogP) is 6.50. The van der Waals surface area contributed by atoms with Crippen LogP contribution in [0.3, 0.4) is 0 Å². The lowest BCUT2D eigenvalue weighted by atomic mass is 10.0. The van der Waals surface area contributed by atoms with E-state index >= 15 is 0 Å². The molecular formula is C30H22O6. The van der Waals surface area contributed by atoms with Crippen LogP contribution in [0.15, 0.2) is 84.9 Å². The minimum Gasteiger partial charge on any atom is -0.507 e. The molecule has 0 bridgehead atoms. The highest BCUT2D eigenvalue weighted by molar-refractivity contribution is 5.92. The van der Waals surface area contributed by atoms with Crippen LogP contribution in [0.5, 0.6) is 11.5 Å². The minimum atomic E-state index is -1.18. The normalized spacial score (nSPS) is 11.2. The number of rotatable bonds is 7. The summed E-state index contributed by atoms with van der Waals surface area (Å²) < 4.78 is 0. The lowest BCUT2D eigenvalue weighted by molar-refractivity contribution is 0.0682. The standard InChI is InChI=1S/C30H22O6/c31-27-15-9-21(17-25(27)29(33)34)3-1-19-5-11-23(12-6-19)24-13-7-20(8-14-24)2-4-22-10-16-28(32)26(18-22)30(35)36/h1-18,31-32H,(H,33,34)(H,35,36). The van der Waals surface area contributed by atoms with Crippen molar-refractivity contribution in [2.75, 3.05) is 0 Å². The molecule has 4 rings (SSSR count). The smallest absolute Gasteiger partial charge is 0.339 e. The second kappa shape index (κ2) is 10.4. The Morgan fingerprint density at radius 1 is 0.472 bits per heavy atom. The highest BCUT2D eigenvalue weighted by atomic mass is 16.4. The second-order valence-electron chi connectivity index (χ2n) is 8.07. The van der Waals surface area contributed by atoms with E-state index in [1.54, 1.807) is 24.3 Å². The van der Waals surface area contributed by atoms with E-state index in [0.29, 0.717) is 11.1 Å². The summed E-state index contributed by atoms with van der Waals surface area (Å²) in [6.45, 7) is 0. The van der Waals surface area contributed by atoms with E-state index in [1.165, 1.54) is 24.3 Å². The van der Waals surface area contributed by atoms with E-state index in [-0.39, 0.29) is 22.6 Å². The molecule has 4 aromatic rings. The van der Waals surface area contributed by atoms with Crippen LogP contribution in [0.4, 0.5) is 0 Å². The maximum atomic E-state index is 11.2. The van der Waals surface area contributed by atoms with E-state index in [9.17, 15) is 19.8 Å². The zero-order valence-corrected chi connectivity index (χ0v) is 19.0. The molecule has 0 aromatic heterocycles. The average Bonchev–Trinajstić information content (AvgIpc) is 2.88. The van der Waals surface area contributed by atoms with E-state index < -0.39 is 11.9 Å². The van der Waals surface area contributed by atoms with Crippen molar-refractivity contribution in [3.63, 3.8) is 0 Å². The van der Waals surface area contributed by atoms with Crippen LogP contribution >= 0.6 is 0 Å². The highest BCUT2D eigenvalue weighted by Crippen LogP contribution is 2.24. The van der Waals surface area contributed by atoms with Gasteiger partial charge in [-0.1, -0.05) is 85.0 Å². The van der Waals surface area contributed by atoms with E-state index in [0.717, 1.165) is 22.3 Å². The zero-order valence-electron chi connectivity index (χ0n) is 19.0. The Bertz CT molecular complexity index is 1360. The van der Waals surface area contributed by atoms with Gasteiger partial charge in [0.25, 0.3) is 0 Å². The van der Waals surface area contributed by atoms with Crippen LogP contribution in [0.25, 0.3) is 35.4 Å². The first-order chi connectivity index (χ1) is 17.3. The number of carbonyl (C=O) groups is 2. The van der Waals surface area contributed by atoms with Gasteiger partial charge in [0.2, 0.25) is 0 Å². The second-order valence-corrected chi connectivity index (χ2v) is 8.07. The van der Waals surface area contributed by atoms with Gasteiger partial charge in [0, 0.05) is 0 Å². The van der Waals surface area contributed by atoms with Gasteiger partial charge in [-0.15, -0.1) is 0 Å². The Hall–Kier alpha value is -5.10. The molecule has 0 aliphatic carbocycles. The topological polar surface area (TPSA) is 115 Å². The molecule has 0 amide bonds. The number of phenols is 2. The van der Waals surface area contributed by atoms with Gasteiger partial charge in [0.05, 0.1) is 0 Å². The van der Waals surface area contributed by atoms with Crippen molar-refractivity contribution < 1.29 is 30.0 Å². The number of hydrogen-bond donors (Lipinski definition) is 4. The summed E-state index contributed by atoms with van der Waals surface area (Å²) in [4.78, 5) is 22.3. The third-order valence-electron chi connectivity index (χ3n) is 5.59. The molecule has 0 aliphatic rings. The van der Waals surface area contributed by atoms with Crippen LogP contribution in [-0.2, 0) is 0 Å². The number of carboxylic acid groups (broad SMARTS) is 2. The van der Waals surface area contributed by atoms with E-state index in [4.69, 9.17) is 10.2 Å². The Kier molecular flexibility index (Phi) is 6.97. The Morgan fingerprint density at radius 3 is 1.11 bits per heavy atom. The molecule has 0 atom stereocenters. The zero-order chi connectivity index (χ0) is 25.7. The van der Waals surface area contributed by atoms with Gasteiger partial charge in [-0.3, -0.25) is 0 Å². The molecular weight excluding hydrogens is 456 g/mol. The summed E-state index contributed by atoms with van der Waals surface area (Å²) in [5.41, 5.74) is 5.01. The summed E-state index contributed by atoms with van der Waals surface area (Å²) in [5.74, 6) is -2.89. The Labute approximate surface area is 207 Å². The third-order valence-corrected chi connectivity index (χ3v) is 5.59. The van der Waals surface area contributed by atoms with Crippen LogP contribution in [-0.4, -0.2) is 32.4 Å². The fraction of sp³-hybridized carbons (Fsp3) is 0. The van der Waals surface area contributed by atoms with Crippen LogP contribution in [0, 0.1) is 0 Å². The van der Waals surface area contributed by atoms with Crippen LogP contribution < -0.4 is 0 Å². The monoisotopic (exact) mass is 478 g/mol. The summed E-state index contributed by atoms with van der Waals surface area (Å²) in [7, 11) is 0. The van der Waals surface area contributed by atoms with Gasteiger partial charge in [-0.25, -0.2) is 9.59 Å². The molecule has 0 saturated carbocycles. The van der Waals surface area contributed by atoms with Gasteiger partial charge < -0.3 is 20.4 Å². The molecule has 6 nitrogen and oxygen atoms in total. The lowest BCUT2D eigenvalue weighted by Crippen LogP contribution is -1.96. The fourth-order valence-electron chi connectivity index (χ4n) is 3.62. The number of carboxylic acids is 2. The van der Waals surface area contributed by atoms with Gasteiger partial charge in [-0.05, 0) is 57.6 Å². The molecule has 6 heteroatoms. The summed E-state index contributed by atoms with van der Waals surface area (Å²) in [6, 6.07) is 24.7. The SMILES string of the molecule is O=C(O)c1cc(C=Cc2ccc(-c3ccc(C=Cc4ccc(O)c(C(=O)O)c4)cc3)cc2)ccc1O. The molecule has 4 aromatic carbocycles. The Morgan fingerprint density at radius 2 is 0.778 bits per heavy atom. The molecule has 4 N–H and O–H groups in total. The molecule has 0 unspecified atom stereocenters. The van der Waals surface area contributed by atoms with Crippen molar-refractivity contribution >= 4 is 36.2 Å². The Balaban J connectivity index is 1.44. The molecule has 0 radical (unpaired) electrons. The number of benzene rings is 4. The van der Waals surface area contributed by atoms with E-state index in [1.807, 2.05) is 60.7 Å². The summed E-state index contributed by atoms with van der Waals surface area (Å²) >= 11 is 0. The third kappa shape index (κ3) is 5.69. The maximum absolute atomic E-state index is 11.2. The molecule has 0 aliphatic heterocycles. The van der Waals surface area contributed by atoms with Crippen molar-refractivity contribution in [3.05, 3.63) is 118 Å². The lowest BCUT2D eigenvalue weighted by Gasteiger charge is -2.04. The molecule has 178 valence electrons. The average molecular weight is 479 g/mol. The summed E-state index contributed by atoms with van der Waals surface area (Å²) in [5, 5.41) is 37.5. The van der Waals surface area contributed by atoms with Gasteiger partial charge in [-0.2, -0.15) is 0 Å². The largest absolute Gasteiger partial charge is 0.507 e. The highest BCUT2D eigenvalue weighted by Gasteiger charge is 2.10. The first-order valence-electron chi connectivity index (χ1n) is 11.0. The summed E-state index contributed by atoms with van der Waals surface area (Å²) in [6.07, 6.45) is 7.31. The quantitative estimate of drug-likeness (QED) is 0.225. The van der Waals surface area contributed by atoms with Gasteiger partial charge in [0.1, 0.15) is 22.6 Å². The number of aromatic hydroxyl groups is 2. The van der Waals surface area contributed by atoms with Crippen LogP contribution in [0.2, 0.25) is 0 Å². The predicted molar refractivity (Wildman–Crippen MR) is 140 cm³/mol. The van der Waals surface area contributed by atoms with Crippen molar-refractivity contribution in [1.29, 1.82) is 0 Å². The van der Waals surface area contributed by atoms with Gasteiger partial charge in [0.15, 0.2) is 0 Å². The van der Waals surface area contributed by atoms with Crippen molar-refractivity contribution in [2.24, 2.45) is 0 Å². The molecule has 0 spiro atoms. The molecule has 0 fully saturated rings. The van der Waals surface area contributed by atoms with Crippen molar-refractivity contribution in [1.82, 2.24) is 0 Å². The number of aromatic carboxylic acids is 2. The molecule has 0 saturated heterocycles. The van der Waals surface area contributed by atoms with Crippen LogP contribution in [0.1, 0.15) is 43.0 Å². The fourth-order valence-corrected chi connectivity index (χ4v) is 3.62. The minimum absolute atomic E-state index is 0.140. The number of hydrogen-bond acceptors (Lipinski definition) is 4. The van der Waals surface area contributed by atoms with Gasteiger partial charge >= 0.3 is 11.9 Å².